The van der Waals surface area contributed by atoms with E-state index in [9.17, 15) is 4.39 Å². The number of aliphatic hydroxyl groups is 1. The summed E-state index contributed by atoms with van der Waals surface area (Å²) in [5.74, 6) is -0.286. The first kappa shape index (κ1) is 10.9. The van der Waals surface area contributed by atoms with E-state index < -0.39 is 0 Å². The van der Waals surface area contributed by atoms with E-state index in [1.54, 1.807) is 12.1 Å². The Morgan fingerprint density at radius 2 is 2.29 bits per heavy atom. The van der Waals surface area contributed by atoms with Gasteiger partial charge in [0.15, 0.2) is 0 Å². The maximum absolute atomic E-state index is 12.9. The number of nitrogens with one attached hydrogen (secondary N) is 1. The highest BCUT2D eigenvalue weighted by Gasteiger charge is 1.99. The van der Waals surface area contributed by atoms with Crippen molar-refractivity contribution in [1.82, 2.24) is 5.32 Å². The molecule has 1 aromatic carbocycles. The van der Waals surface area contributed by atoms with Crippen LogP contribution in [-0.2, 0) is 6.61 Å². The van der Waals surface area contributed by atoms with E-state index in [0.29, 0.717) is 0 Å². The van der Waals surface area contributed by atoms with E-state index in [0.717, 1.165) is 17.7 Å². The van der Waals surface area contributed by atoms with Crippen molar-refractivity contribution in [1.29, 1.82) is 0 Å². The van der Waals surface area contributed by atoms with E-state index in [-0.39, 0.29) is 12.4 Å². The van der Waals surface area contributed by atoms with Gasteiger partial charge in [0.2, 0.25) is 0 Å². The van der Waals surface area contributed by atoms with Crippen molar-refractivity contribution in [2.24, 2.45) is 0 Å². The molecule has 3 heteroatoms. The minimum atomic E-state index is -0.286. The van der Waals surface area contributed by atoms with Gasteiger partial charge in [-0.2, -0.15) is 0 Å². The fourth-order valence-electron chi connectivity index (χ4n) is 1.17. The average molecular weight is 195 g/mol. The summed E-state index contributed by atoms with van der Waals surface area (Å²) >= 11 is 0. The second-order valence-electron chi connectivity index (χ2n) is 2.96. The van der Waals surface area contributed by atoms with Crippen LogP contribution in [0.15, 0.2) is 24.3 Å². The van der Waals surface area contributed by atoms with Crippen LogP contribution >= 0.6 is 0 Å². The molecule has 0 amide bonds. The average Bonchev–Trinajstić information content (AvgIpc) is 2.19. The molecule has 76 valence electrons. The molecule has 0 saturated carbocycles. The van der Waals surface area contributed by atoms with Crippen LogP contribution in [0.5, 0.6) is 0 Å². The zero-order valence-corrected chi connectivity index (χ0v) is 8.13. The first-order valence-corrected chi connectivity index (χ1v) is 4.48. The summed E-state index contributed by atoms with van der Waals surface area (Å²) in [5.41, 5.74) is 1.46. The van der Waals surface area contributed by atoms with Crippen molar-refractivity contribution in [3.63, 3.8) is 0 Å². The largest absolute Gasteiger partial charge is 0.392 e. The molecule has 0 unspecified atom stereocenters. The van der Waals surface area contributed by atoms with Gasteiger partial charge in [-0.15, -0.1) is 0 Å². The highest BCUT2D eigenvalue weighted by Crippen LogP contribution is 2.12. The zero-order chi connectivity index (χ0) is 10.4. The number of rotatable bonds is 4. The van der Waals surface area contributed by atoms with Gasteiger partial charge in [0.1, 0.15) is 5.82 Å². The van der Waals surface area contributed by atoms with Crippen LogP contribution in [0.25, 0.3) is 6.08 Å². The van der Waals surface area contributed by atoms with Crippen LogP contribution in [0, 0.1) is 5.82 Å². The first-order chi connectivity index (χ1) is 6.77. The SMILES string of the molecule is CNCC=Cc1cc(F)ccc1CO. The lowest BCUT2D eigenvalue weighted by molar-refractivity contribution is 0.281. The van der Waals surface area contributed by atoms with Crippen molar-refractivity contribution in [2.45, 2.75) is 6.61 Å². The number of aliphatic hydroxyl groups excluding tert-OH is 1. The Balaban J connectivity index is 2.87. The Labute approximate surface area is 83.1 Å². The number of halogens is 1. The number of benzene rings is 1. The molecule has 0 spiro atoms. The molecular weight excluding hydrogens is 181 g/mol. The fourth-order valence-corrected chi connectivity index (χ4v) is 1.17. The predicted molar refractivity (Wildman–Crippen MR) is 55.3 cm³/mol. The lowest BCUT2D eigenvalue weighted by Crippen LogP contribution is -2.03. The van der Waals surface area contributed by atoms with Gasteiger partial charge in [0.05, 0.1) is 6.61 Å². The molecule has 0 atom stereocenters. The smallest absolute Gasteiger partial charge is 0.123 e. The van der Waals surface area contributed by atoms with Crippen molar-refractivity contribution < 1.29 is 9.50 Å². The molecule has 0 heterocycles. The van der Waals surface area contributed by atoms with Gasteiger partial charge in [0.25, 0.3) is 0 Å². The standard InChI is InChI=1S/C11H14FNO/c1-13-6-2-3-9-7-11(12)5-4-10(9)8-14/h2-5,7,13-14H,6,8H2,1H3. The normalized spacial score (nSPS) is 11.1. The fraction of sp³-hybridized carbons (Fsp3) is 0.273. The van der Waals surface area contributed by atoms with Gasteiger partial charge in [-0.25, -0.2) is 4.39 Å². The second kappa shape index (κ2) is 5.52. The Hall–Kier alpha value is -1.19. The molecule has 0 aliphatic heterocycles. The maximum Gasteiger partial charge on any atom is 0.123 e. The quantitative estimate of drug-likeness (QED) is 0.764. The number of hydrogen-bond acceptors (Lipinski definition) is 2. The third-order valence-corrected chi connectivity index (χ3v) is 1.90. The summed E-state index contributed by atoms with van der Waals surface area (Å²) < 4.78 is 12.9. The molecule has 14 heavy (non-hydrogen) atoms. The molecule has 1 rings (SSSR count). The minimum absolute atomic E-state index is 0.0699. The molecular formula is C11H14FNO. The van der Waals surface area contributed by atoms with Gasteiger partial charge >= 0.3 is 0 Å². The van der Waals surface area contributed by atoms with E-state index >= 15 is 0 Å². The van der Waals surface area contributed by atoms with Gasteiger partial charge < -0.3 is 10.4 Å². The molecule has 0 aliphatic carbocycles. The van der Waals surface area contributed by atoms with Crippen LogP contribution in [-0.4, -0.2) is 18.7 Å². The summed E-state index contributed by atoms with van der Waals surface area (Å²) in [4.78, 5) is 0. The molecule has 0 radical (unpaired) electrons. The Kier molecular flexibility index (Phi) is 4.29. The molecule has 0 aromatic heterocycles. The first-order valence-electron chi connectivity index (χ1n) is 4.48. The Morgan fingerprint density at radius 3 is 2.93 bits per heavy atom. The summed E-state index contributed by atoms with van der Waals surface area (Å²) in [6, 6.07) is 4.35. The molecule has 0 saturated heterocycles. The molecule has 0 bridgehead atoms. The van der Waals surface area contributed by atoms with Crippen LogP contribution in [0.2, 0.25) is 0 Å². The highest BCUT2D eigenvalue weighted by molar-refractivity contribution is 5.53. The van der Waals surface area contributed by atoms with Gasteiger partial charge in [0, 0.05) is 6.54 Å². The Bertz CT molecular complexity index is 323. The van der Waals surface area contributed by atoms with E-state index in [1.807, 2.05) is 13.1 Å². The van der Waals surface area contributed by atoms with E-state index in [4.69, 9.17) is 5.11 Å². The maximum atomic E-state index is 12.9. The Morgan fingerprint density at radius 1 is 1.50 bits per heavy atom. The predicted octanol–water partition coefficient (Wildman–Crippen LogP) is 1.55. The second-order valence-corrected chi connectivity index (χ2v) is 2.96. The van der Waals surface area contributed by atoms with Crippen LogP contribution in [0.1, 0.15) is 11.1 Å². The topological polar surface area (TPSA) is 32.3 Å². The summed E-state index contributed by atoms with van der Waals surface area (Å²) in [6.07, 6.45) is 3.68. The molecule has 1 aromatic rings. The molecule has 2 N–H and O–H groups in total. The van der Waals surface area contributed by atoms with Crippen molar-refractivity contribution >= 4 is 6.08 Å². The summed E-state index contributed by atoms with van der Waals surface area (Å²) in [5, 5.41) is 11.9. The lowest BCUT2D eigenvalue weighted by Gasteiger charge is -2.02. The number of hydrogen-bond donors (Lipinski definition) is 2. The van der Waals surface area contributed by atoms with Crippen molar-refractivity contribution in [2.75, 3.05) is 13.6 Å². The third kappa shape index (κ3) is 2.94. The third-order valence-electron chi connectivity index (χ3n) is 1.90. The van der Waals surface area contributed by atoms with Crippen LogP contribution < -0.4 is 5.32 Å². The molecule has 2 nitrogen and oxygen atoms in total. The minimum Gasteiger partial charge on any atom is -0.392 e. The van der Waals surface area contributed by atoms with Crippen LogP contribution in [0.4, 0.5) is 4.39 Å². The van der Waals surface area contributed by atoms with Gasteiger partial charge in [-0.05, 0) is 30.3 Å². The molecule has 0 aliphatic rings. The monoisotopic (exact) mass is 195 g/mol. The van der Waals surface area contributed by atoms with Gasteiger partial charge in [-0.3, -0.25) is 0 Å². The van der Waals surface area contributed by atoms with Crippen LogP contribution in [0.3, 0.4) is 0 Å². The summed E-state index contributed by atoms with van der Waals surface area (Å²) in [7, 11) is 1.84. The number of likely N-dealkylation sites (N-methyl/N-ethyl adjacent to an activating group) is 1. The highest BCUT2D eigenvalue weighted by atomic mass is 19.1. The molecule has 0 fully saturated rings. The van der Waals surface area contributed by atoms with Crippen molar-refractivity contribution in [3.8, 4) is 0 Å². The van der Waals surface area contributed by atoms with E-state index in [2.05, 4.69) is 5.32 Å². The summed E-state index contributed by atoms with van der Waals surface area (Å²) in [6.45, 7) is 0.654. The van der Waals surface area contributed by atoms with Gasteiger partial charge in [-0.1, -0.05) is 18.2 Å². The lowest BCUT2D eigenvalue weighted by atomic mass is 10.1. The van der Waals surface area contributed by atoms with E-state index in [1.165, 1.54) is 12.1 Å². The van der Waals surface area contributed by atoms with Crippen molar-refractivity contribution in [3.05, 3.63) is 41.2 Å². The zero-order valence-electron chi connectivity index (χ0n) is 8.13.